The zero-order valence-corrected chi connectivity index (χ0v) is 12.6. The Kier molecular flexibility index (Phi) is 3.44. The molecule has 0 radical (unpaired) electrons. The van der Waals surface area contributed by atoms with E-state index in [0.29, 0.717) is 47.8 Å². The van der Waals surface area contributed by atoms with Crippen molar-refractivity contribution in [3.8, 4) is 0 Å². The van der Waals surface area contributed by atoms with Gasteiger partial charge in [0.25, 0.3) is 11.8 Å². The summed E-state index contributed by atoms with van der Waals surface area (Å²) in [6.45, 7) is 6.01. The van der Waals surface area contributed by atoms with Crippen LogP contribution in [0.15, 0.2) is 15.3 Å². The molecule has 0 saturated carbocycles. The third-order valence-corrected chi connectivity index (χ3v) is 3.73. The van der Waals surface area contributed by atoms with Gasteiger partial charge in [-0.3, -0.25) is 9.59 Å². The van der Waals surface area contributed by atoms with Crippen molar-refractivity contribution in [1.29, 1.82) is 0 Å². The largest absolute Gasteiger partial charge is 0.364 e. The standard InChI is InChI=1S/C14H16N4O4/c1-8-11(7-21-15-8)13(19)17-5-4-6-18(17)14(20)12-9(2)16-22-10(12)3/h7H,4-6H2,1-3H3. The van der Waals surface area contributed by atoms with E-state index in [-0.39, 0.29) is 11.8 Å². The summed E-state index contributed by atoms with van der Waals surface area (Å²) < 4.78 is 9.84. The molecule has 2 amide bonds. The Hall–Kier alpha value is -2.64. The van der Waals surface area contributed by atoms with Crippen molar-refractivity contribution in [3.05, 3.63) is 34.5 Å². The number of hydrazine groups is 1. The highest BCUT2D eigenvalue weighted by Gasteiger charge is 2.35. The van der Waals surface area contributed by atoms with Gasteiger partial charge in [0.15, 0.2) is 0 Å². The van der Waals surface area contributed by atoms with E-state index < -0.39 is 0 Å². The van der Waals surface area contributed by atoms with Crippen LogP contribution in [0.25, 0.3) is 0 Å². The topological polar surface area (TPSA) is 92.7 Å². The monoisotopic (exact) mass is 304 g/mol. The minimum atomic E-state index is -0.295. The molecule has 22 heavy (non-hydrogen) atoms. The molecule has 1 saturated heterocycles. The molecule has 3 heterocycles. The van der Waals surface area contributed by atoms with Gasteiger partial charge in [-0.2, -0.15) is 0 Å². The summed E-state index contributed by atoms with van der Waals surface area (Å²) in [5.74, 6) is -0.129. The molecule has 2 aromatic heterocycles. The second-order valence-electron chi connectivity index (χ2n) is 5.22. The molecule has 116 valence electrons. The van der Waals surface area contributed by atoms with Crippen LogP contribution in [-0.2, 0) is 0 Å². The molecule has 1 aliphatic rings. The van der Waals surface area contributed by atoms with E-state index >= 15 is 0 Å². The van der Waals surface area contributed by atoms with E-state index in [2.05, 4.69) is 10.3 Å². The van der Waals surface area contributed by atoms with Crippen LogP contribution in [0.4, 0.5) is 0 Å². The summed E-state index contributed by atoms with van der Waals surface area (Å²) in [4.78, 5) is 25.3. The van der Waals surface area contributed by atoms with Crippen LogP contribution in [-0.4, -0.2) is 45.2 Å². The number of amides is 2. The molecule has 8 nitrogen and oxygen atoms in total. The smallest absolute Gasteiger partial charge is 0.277 e. The molecule has 0 aromatic carbocycles. The second-order valence-corrected chi connectivity index (χ2v) is 5.22. The Balaban J connectivity index is 1.89. The number of rotatable bonds is 2. The Morgan fingerprint density at radius 3 is 2.27 bits per heavy atom. The molecule has 0 atom stereocenters. The van der Waals surface area contributed by atoms with Gasteiger partial charge in [0.05, 0.1) is 11.4 Å². The fourth-order valence-corrected chi connectivity index (χ4v) is 2.59. The normalized spacial score (nSPS) is 14.7. The molecular formula is C14H16N4O4. The highest BCUT2D eigenvalue weighted by atomic mass is 16.5. The molecular weight excluding hydrogens is 288 g/mol. The van der Waals surface area contributed by atoms with Crippen LogP contribution >= 0.6 is 0 Å². The minimum absolute atomic E-state index is 0.281. The lowest BCUT2D eigenvalue weighted by molar-refractivity contribution is 0.0183. The lowest BCUT2D eigenvalue weighted by Gasteiger charge is -2.27. The predicted molar refractivity (Wildman–Crippen MR) is 73.9 cm³/mol. The van der Waals surface area contributed by atoms with Crippen molar-refractivity contribution >= 4 is 11.8 Å². The first-order valence-electron chi connectivity index (χ1n) is 6.98. The van der Waals surface area contributed by atoms with Crippen LogP contribution in [0.3, 0.4) is 0 Å². The molecule has 0 spiro atoms. The molecule has 0 bridgehead atoms. The van der Waals surface area contributed by atoms with Crippen LogP contribution in [0, 0.1) is 20.8 Å². The zero-order chi connectivity index (χ0) is 15.9. The minimum Gasteiger partial charge on any atom is -0.364 e. The van der Waals surface area contributed by atoms with Crippen LogP contribution in [0.5, 0.6) is 0 Å². The SMILES string of the molecule is Cc1nocc1C(=O)N1CCCN1C(=O)c1c(C)noc1C. The Morgan fingerprint density at radius 2 is 1.73 bits per heavy atom. The Bertz CT molecular complexity index is 714. The maximum Gasteiger partial charge on any atom is 0.277 e. The average Bonchev–Trinajstić information content (AvgIpc) is 3.18. The summed E-state index contributed by atoms with van der Waals surface area (Å²) in [7, 11) is 0. The molecule has 1 fully saturated rings. The number of hydrogen-bond donors (Lipinski definition) is 0. The number of hydrogen-bond acceptors (Lipinski definition) is 6. The summed E-state index contributed by atoms with van der Waals surface area (Å²) in [5.41, 5.74) is 1.78. The summed E-state index contributed by atoms with van der Waals surface area (Å²) >= 11 is 0. The van der Waals surface area contributed by atoms with Crippen molar-refractivity contribution in [1.82, 2.24) is 20.3 Å². The molecule has 8 heteroatoms. The van der Waals surface area contributed by atoms with Crippen molar-refractivity contribution in [2.75, 3.05) is 13.1 Å². The van der Waals surface area contributed by atoms with Gasteiger partial charge in [-0.15, -0.1) is 0 Å². The van der Waals surface area contributed by atoms with Gasteiger partial charge < -0.3 is 9.05 Å². The summed E-state index contributed by atoms with van der Waals surface area (Å²) in [6.07, 6.45) is 2.01. The van der Waals surface area contributed by atoms with Gasteiger partial charge in [-0.05, 0) is 27.2 Å². The highest BCUT2D eigenvalue weighted by molar-refractivity contribution is 6.00. The number of nitrogens with zero attached hydrogens (tertiary/aromatic N) is 4. The maximum absolute atomic E-state index is 12.7. The maximum atomic E-state index is 12.7. The molecule has 0 unspecified atom stereocenters. The molecule has 3 rings (SSSR count). The van der Waals surface area contributed by atoms with Gasteiger partial charge >= 0.3 is 0 Å². The third-order valence-electron chi connectivity index (χ3n) is 3.73. The zero-order valence-electron chi connectivity index (χ0n) is 12.6. The Morgan fingerprint density at radius 1 is 1.05 bits per heavy atom. The van der Waals surface area contributed by atoms with Crippen molar-refractivity contribution in [2.45, 2.75) is 27.2 Å². The quantitative estimate of drug-likeness (QED) is 0.834. The van der Waals surface area contributed by atoms with E-state index in [1.54, 1.807) is 20.8 Å². The number of carbonyl (C=O) groups is 2. The first kappa shape index (κ1) is 14.3. The molecule has 2 aromatic rings. The lowest BCUT2D eigenvalue weighted by atomic mass is 10.2. The Labute approximate surface area is 126 Å². The average molecular weight is 304 g/mol. The van der Waals surface area contributed by atoms with Crippen LogP contribution in [0.1, 0.15) is 44.3 Å². The van der Waals surface area contributed by atoms with Gasteiger partial charge in [0.1, 0.15) is 23.2 Å². The van der Waals surface area contributed by atoms with Gasteiger partial charge in [-0.25, -0.2) is 10.0 Å². The van der Waals surface area contributed by atoms with E-state index in [1.807, 2.05) is 0 Å². The third kappa shape index (κ3) is 2.16. The highest BCUT2D eigenvalue weighted by Crippen LogP contribution is 2.22. The van der Waals surface area contributed by atoms with E-state index in [0.717, 1.165) is 0 Å². The number of aryl methyl sites for hydroxylation is 3. The fraction of sp³-hybridized carbons (Fsp3) is 0.429. The first-order chi connectivity index (χ1) is 10.5. The first-order valence-corrected chi connectivity index (χ1v) is 6.98. The number of aromatic nitrogens is 2. The van der Waals surface area contributed by atoms with E-state index in [1.165, 1.54) is 16.3 Å². The summed E-state index contributed by atoms with van der Waals surface area (Å²) in [5, 5.41) is 10.4. The second kappa shape index (κ2) is 5.28. The van der Waals surface area contributed by atoms with E-state index in [4.69, 9.17) is 9.05 Å². The molecule has 1 aliphatic heterocycles. The lowest BCUT2D eigenvalue weighted by Crippen LogP contribution is -2.45. The van der Waals surface area contributed by atoms with Crippen molar-refractivity contribution in [3.63, 3.8) is 0 Å². The van der Waals surface area contributed by atoms with Crippen molar-refractivity contribution < 1.29 is 18.6 Å². The van der Waals surface area contributed by atoms with Crippen LogP contribution in [0.2, 0.25) is 0 Å². The van der Waals surface area contributed by atoms with Gasteiger partial charge in [-0.1, -0.05) is 10.3 Å². The molecule has 0 aliphatic carbocycles. The van der Waals surface area contributed by atoms with Gasteiger partial charge in [0.2, 0.25) is 0 Å². The van der Waals surface area contributed by atoms with Crippen molar-refractivity contribution in [2.24, 2.45) is 0 Å². The molecule has 0 N–H and O–H groups in total. The fourth-order valence-electron chi connectivity index (χ4n) is 2.59. The van der Waals surface area contributed by atoms with E-state index in [9.17, 15) is 9.59 Å². The van der Waals surface area contributed by atoms with Gasteiger partial charge in [0, 0.05) is 13.1 Å². The number of carbonyl (C=O) groups excluding carboxylic acids is 2. The predicted octanol–water partition coefficient (Wildman–Crippen LogP) is 1.49. The summed E-state index contributed by atoms with van der Waals surface area (Å²) in [6, 6.07) is 0. The van der Waals surface area contributed by atoms with Crippen LogP contribution < -0.4 is 0 Å².